The second-order valence-corrected chi connectivity index (χ2v) is 7.62. The summed E-state index contributed by atoms with van der Waals surface area (Å²) in [5.74, 6) is 0.937. The van der Waals surface area contributed by atoms with E-state index < -0.39 is 0 Å². The fraction of sp³-hybridized carbons (Fsp3) is 0.417. The molecule has 1 fully saturated rings. The first-order valence-corrected chi connectivity index (χ1v) is 10.3. The number of likely N-dealkylation sites (tertiary alicyclic amines) is 1. The number of rotatable bonds is 7. The number of carbonyl (C=O) groups is 2. The maximum absolute atomic E-state index is 12.8. The summed E-state index contributed by atoms with van der Waals surface area (Å²) < 4.78 is 5.16. The number of benzene rings is 2. The summed E-state index contributed by atoms with van der Waals surface area (Å²) in [6, 6.07) is 15.0. The zero-order valence-electron chi connectivity index (χ0n) is 17.5. The number of hydrogen-bond acceptors (Lipinski definition) is 4. The summed E-state index contributed by atoms with van der Waals surface area (Å²) in [5, 5.41) is 3.00. The van der Waals surface area contributed by atoms with Crippen molar-refractivity contribution in [2.45, 2.75) is 39.2 Å². The van der Waals surface area contributed by atoms with E-state index in [2.05, 4.69) is 17.1 Å². The maximum atomic E-state index is 12.8. The molecule has 1 N–H and O–H groups in total. The summed E-state index contributed by atoms with van der Waals surface area (Å²) in [4.78, 5) is 27.6. The summed E-state index contributed by atoms with van der Waals surface area (Å²) in [6.45, 7) is 5.53. The molecule has 1 unspecified atom stereocenters. The highest BCUT2D eigenvalue weighted by Crippen LogP contribution is 2.24. The van der Waals surface area contributed by atoms with Gasteiger partial charge in [0.15, 0.2) is 5.78 Å². The molecule has 3 rings (SSSR count). The molecule has 0 spiro atoms. The van der Waals surface area contributed by atoms with Gasteiger partial charge in [0.1, 0.15) is 5.75 Å². The molecule has 1 saturated heterocycles. The van der Waals surface area contributed by atoms with E-state index in [1.807, 2.05) is 55.5 Å². The van der Waals surface area contributed by atoms with Crippen LogP contribution in [0.4, 0.5) is 5.69 Å². The smallest absolute Gasteiger partial charge is 0.241 e. The predicted octanol–water partition coefficient (Wildman–Crippen LogP) is 4.18. The van der Waals surface area contributed by atoms with Crippen LogP contribution in [0.2, 0.25) is 0 Å². The van der Waals surface area contributed by atoms with Crippen molar-refractivity contribution in [1.29, 1.82) is 0 Å². The van der Waals surface area contributed by atoms with Crippen LogP contribution < -0.4 is 10.1 Å². The fourth-order valence-electron chi connectivity index (χ4n) is 3.78. The molecule has 1 atom stereocenters. The number of piperidine rings is 1. The average Bonchev–Trinajstić information content (AvgIpc) is 2.78. The zero-order valence-corrected chi connectivity index (χ0v) is 17.5. The van der Waals surface area contributed by atoms with Gasteiger partial charge in [-0.2, -0.15) is 0 Å². The number of Topliss-reactive ketones (excluding diaryl/α,β-unsaturated/α-hetero) is 1. The Balaban J connectivity index is 1.52. The van der Waals surface area contributed by atoms with Crippen molar-refractivity contribution in [3.05, 3.63) is 59.7 Å². The monoisotopic (exact) mass is 394 g/mol. The highest BCUT2D eigenvalue weighted by Gasteiger charge is 2.30. The van der Waals surface area contributed by atoms with Crippen LogP contribution in [0.1, 0.15) is 42.6 Å². The van der Waals surface area contributed by atoms with Crippen LogP contribution in [0.5, 0.6) is 5.75 Å². The van der Waals surface area contributed by atoms with Gasteiger partial charge < -0.3 is 10.1 Å². The van der Waals surface area contributed by atoms with Gasteiger partial charge in [-0.1, -0.05) is 19.1 Å². The number of ketones is 1. The first-order chi connectivity index (χ1) is 14.0. The summed E-state index contributed by atoms with van der Waals surface area (Å²) >= 11 is 0. The first kappa shape index (κ1) is 21.1. The Morgan fingerprint density at radius 3 is 2.24 bits per heavy atom. The van der Waals surface area contributed by atoms with E-state index in [9.17, 15) is 9.59 Å². The van der Waals surface area contributed by atoms with Gasteiger partial charge in [-0.3, -0.25) is 14.5 Å². The topological polar surface area (TPSA) is 58.6 Å². The van der Waals surface area contributed by atoms with Gasteiger partial charge in [-0.15, -0.1) is 0 Å². The van der Waals surface area contributed by atoms with Crippen LogP contribution in [0.25, 0.3) is 0 Å². The molecule has 1 aliphatic rings. The van der Waals surface area contributed by atoms with Gasteiger partial charge >= 0.3 is 0 Å². The van der Waals surface area contributed by atoms with E-state index in [4.69, 9.17) is 4.74 Å². The predicted molar refractivity (Wildman–Crippen MR) is 116 cm³/mol. The van der Waals surface area contributed by atoms with Gasteiger partial charge in [0, 0.05) is 17.2 Å². The molecule has 1 aliphatic heterocycles. The molecule has 0 aliphatic carbocycles. The third-order valence-electron chi connectivity index (χ3n) is 5.83. The van der Waals surface area contributed by atoms with Crippen molar-refractivity contribution in [3.8, 4) is 5.75 Å². The lowest BCUT2D eigenvalue weighted by Gasteiger charge is -2.34. The van der Waals surface area contributed by atoms with Crippen molar-refractivity contribution in [3.63, 3.8) is 0 Å². The molecule has 5 nitrogen and oxygen atoms in total. The van der Waals surface area contributed by atoms with Gasteiger partial charge in [0.05, 0.1) is 13.2 Å². The Kier molecular flexibility index (Phi) is 7.04. The van der Waals surface area contributed by atoms with Crippen LogP contribution in [0.15, 0.2) is 48.5 Å². The molecule has 0 saturated carbocycles. The number of methoxy groups -OCH3 is 1. The second kappa shape index (κ2) is 9.70. The number of anilines is 1. The lowest BCUT2D eigenvalue weighted by atomic mass is 9.88. The molecular formula is C24H30N2O3. The third-order valence-corrected chi connectivity index (χ3v) is 5.83. The number of amides is 1. The molecule has 0 bridgehead atoms. The minimum Gasteiger partial charge on any atom is -0.497 e. The Morgan fingerprint density at radius 2 is 1.69 bits per heavy atom. The van der Waals surface area contributed by atoms with E-state index >= 15 is 0 Å². The van der Waals surface area contributed by atoms with Crippen molar-refractivity contribution < 1.29 is 14.3 Å². The minimum absolute atomic E-state index is 0.00539. The van der Waals surface area contributed by atoms with Crippen LogP contribution in [-0.4, -0.2) is 42.8 Å². The Morgan fingerprint density at radius 1 is 1.07 bits per heavy atom. The quantitative estimate of drug-likeness (QED) is 0.716. The molecule has 2 aromatic carbocycles. The van der Waals surface area contributed by atoms with Crippen LogP contribution in [0, 0.1) is 5.92 Å². The Bertz CT molecular complexity index is 822. The highest BCUT2D eigenvalue weighted by atomic mass is 16.5. The van der Waals surface area contributed by atoms with Gasteiger partial charge in [-0.25, -0.2) is 0 Å². The number of nitrogens with zero attached hydrogens (tertiary/aromatic N) is 1. The standard InChI is InChI=1S/C24H30N2O3/c1-4-18-5-9-21(10-6-18)25-24(28)17(2)26-15-13-20(14-16-26)23(27)19-7-11-22(29-3)12-8-19/h5-12,17,20H,4,13-16H2,1-3H3,(H,25,28). The minimum atomic E-state index is -0.224. The van der Waals surface area contributed by atoms with Crippen LogP contribution in [0.3, 0.4) is 0 Å². The molecule has 5 heteroatoms. The zero-order chi connectivity index (χ0) is 20.8. The number of ether oxygens (including phenoxy) is 1. The molecule has 29 heavy (non-hydrogen) atoms. The van der Waals surface area contributed by atoms with Gasteiger partial charge in [0.2, 0.25) is 5.91 Å². The van der Waals surface area contributed by atoms with E-state index in [0.29, 0.717) is 0 Å². The molecule has 1 amide bonds. The van der Waals surface area contributed by atoms with E-state index in [1.54, 1.807) is 7.11 Å². The van der Waals surface area contributed by atoms with Gasteiger partial charge in [-0.05, 0) is 81.2 Å². The fourth-order valence-corrected chi connectivity index (χ4v) is 3.78. The summed E-state index contributed by atoms with van der Waals surface area (Å²) in [6.07, 6.45) is 2.52. The number of hydrogen-bond donors (Lipinski definition) is 1. The molecule has 0 radical (unpaired) electrons. The van der Waals surface area contributed by atoms with Crippen molar-refractivity contribution >= 4 is 17.4 Å². The van der Waals surface area contributed by atoms with E-state index in [-0.39, 0.29) is 23.7 Å². The first-order valence-electron chi connectivity index (χ1n) is 10.3. The second-order valence-electron chi connectivity index (χ2n) is 7.62. The van der Waals surface area contributed by atoms with Crippen LogP contribution in [-0.2, 0) is 11.2 Å². The molecule has 0 aromatic heterocycles. The lowest BCUT2D eigenvalue weighted by molar-refractivity contribution is -0.121. The molecule has 2 aromatic rings. The van der Waals surface area contributed by atoms with E-state index in [0.717, 1.165) is 49.4 Å². The van der Waals surface area contributed by atoms with Crippen molar-refractivity contribution in [2.24, 2.45) is 5.92 Å². The molecular weight excluding hydrogens is 364 g/mol. The number of carbonyl (C=O) groups excluding carboxylic acids is 2. The maximum Gasteiger partial charge on any atom is 0.241 e. The normalized spacial score (nSPS) is 16.2. The molecule has 1 heterocycles. The summed E-state index contributed by atoms with van der Waals surface area (Å²) in [5.41, 5.74) is 2.80. The third kappa shape index (κ3) is 5.24. The van der Waals surface area contributed by atoms with Crippen molar-refractivity contribution in [1.82, 2.24) is 4.90 Å². The Hall–Kier alpha value is -2.66. The highest BCUT2D eigenvalue weighted by molar-refractivity contribution is 5.98. The van der Waals surface area contributed by atoms with Crippen molar-refractivity contribution in [2.75, 3.05) is 25.5 Å². The number of aryl methyl sites for hydroxylation is 1. The molecule has 154 valence electrons. The van der Waals surface area contributed by atoms with E-state index in [1.165, 1.54) is 5.56 Å². The lowest BCUT2D eigenvalue weighted by Crippen LogP contribution is -2.47. The van der Waals surface area contributed by atoms with Crippen LogP contribution >= 0.6 is 0 Å². The largest absolute Gasteiger partial charge is 0.497 e. The number of nitrogens with one attached hydrogen (secondary N) is 1. The SMILES string of the molecule is CCc1ccc(NC(=O)C(C)N2CCC(C(=O)c3ccc(OC)cc3)CC2)cc1. The van der Waals surface area contributed by atoms with Gasteiger partial charge in [0.25, 0.3) is 0 Å². The Labute approximate surface area is 173 Å². The average molecular weight is 395 g/mol. The summed E-state index contributed by atoms with van der Waals surface area (Å²) in [7, 11) is 1.62.